The molecule has 0 saturated heterocycles. The number of ether oxygens (including phenoxy) is 1. The number of methoxy groups -OCH3 is 1. The van der Waals surface area contributed by atoms with Gasteiger partial charge >= 0.3 is 0 Å². The Balaban J connectivity index is 2.11. The molecule has 0 unspecified atom stereocenters. The Kier molecular flexibility index (Phi) is 5.02. The third-order valence-corrected chi connectivity index (χ3v) is 4.94. The minimum Gasteiger partial charge on any atom is -0.497 e. The van der Waals surface area contributed by atoms with Gasteiger partial charge in [-0.3, -0.25) is 4.79 Å². The number of aryl methyl sites for hydroxylation is 1. The van der Waals surface area contributed by atoms with E-state index in [-0.39, 0.29) is 5.91 Å². The van der Waals surface area contributed by atoms with E-state index in [4.69, 9.17) is 16.3 Å². The molecule has 0 aliphatic heterocycles. The molecule has 0 bridgehead atoms. The van der Waals surface area contributed by atoms with Crippen LogP contribution in [0.3, 0.4) is 0 Å². The second-order valence-corrected chi connectivity index (χ2v) is 6.74. The first kappa shape index (κ1) is 16.7. The van der Waals surface area contributed by atoms with Crippen LogP contribution in [0.1, 0.15) is 23.7 Å². The van der Waals surface area contributed by atoms with Crippen LogP contribution in [0.5, 0.6) is 5.75 Å². The molecule has 4 nitrogen and oxygen atoms in total. The zero-order valence-corrected chi connectivity index (χ0v) is 15.0. The molecule has 0 spiro atoms. The molecule has 2 aromatic carbocycles. The number of aromatic nitrogens is 1. The Morgan fingerprint density at radius 1 is 1.25 bits per heavy atom. The van der Waals surface area contributed by atoms with Crippen molar-refractivity contribution >= 4 is 39.1 Å². The van der Waals surface area contributed by atoms with E-state index < -0.39 is 0 Å². The summed E-state index contributed by atoms with van der Waals surface area (Å²) < 4.78 is 8.45. The van der Waals surface area contributed by atoms with Crippen molar-refractivity contribution in [3.05, 3.63) is 57.9 Å². The van der Waals surface area contributed by atoms with Crippen LogP contribution in [0.4, 0.5) is 0 Å². The van der Waals surface area contributed by atoms with Crippen molar-refractivity contribution in [2.75, 3.05) is 7.11 Å². The molecular formula is C18H17ClN2O2S. The number of benzene rings is 2. The summed E-state index contributed by atoms with van der Waals surface area (Å²) in [6.45, 7) is 2.89. The van der Waals surface area contributed by atoms with Crippen LogP contribution in [-0.4, -0.2) is 17.6 Å². The lowest BCUT2D eigenvalue weighted by Crippen LogP contribution is -2.16. The van der Waals surface area contributed by atoms with Crippen LogP contribution in [0.25, 0.3) is 10.2 Å². The number of thiazole rings is 1. The van der Waals surface area contributed by atoms with Crippen molar-refractivity contribution in [3.63, 3.8) is 0 Å². The lowest BCUT2D eigenvalue weighted by molar-refractivity contribution is 0.0998. The van der Waals surface area contributed by atoms with Gasteiger partial charge in [0.05, 0.1) is 17.3 Å². The highest BCUT2D eigenvalue weighted by Crippen LogP contribution is 2.23. The smallest absolute Gasteiger partial charge is 0.279 e. The number of carbonyl (C=O) groups excluding carboxylic acids is 1. The summed E-state index contributed by atoms with van der Waals surface area (Å²) in [6.07, 6.45) is 0.950. The molecule has 24 heavy (non-hydrogen) atoms. The summed E-state index contributed by atoms with van der Waals surface area (Å²) in [4.78, 5) is 17.5. The maximum absolute atomic E-state index is 12.4. The van der Waals surface area contributed by atoms with Gasteiger partial charge in [0, 0.05) is 23.2 Å². The molecular weight excluding hydrogens is 344 g/mol. The molecule has 0 aliphatic carbocycles. The van der Waals surface area contributed by atoms with Gasteiger partial charge in [-0.05, 0) is 42.8 Å². The number of hydrogen-bond acceptors (Lipinski definition) is 3. The molecule has 0 radical (unpaired) electrons. The van der Waals surface area contributed by atoms with Gasteiger partial charge in [-0.25, -0.2) is 0 Å². The molecule has 6 heteroatoms. The summed E-state index contributed by atoms with van der Waals surface area (Å²) in [5, 5.41) is 0.599. The van der Waals surface area contributed by atoms with Crippen molar-refractivity contribution in [1.29, 1.82) is 0 Å². The standard InChI is InChI=1S/C18H17ClN2O2S/c1-3-10-21-15-11-14(23-2)8-9-16(15)24-18(21)20-17(22)12-4-6-13(19)7-5-12/h4-9,11H,3,10H2,1-2H3. The quantitative estimate of drug-likeness (QED) is 0.686. The molecule has 0 N–H and O–H groups in total. The van der Waals surface area contributed by atoms with E-state index >= 15 is 0 Å². The average molecular weight is 361 g/mol. The fraction of sp³-hybridized carbons (Fsp3) is 0.222. The lowest BCUT2D eigenvalue weighted by Gasteiger charge is -2.04. The van der Waals surface area contributed by atoms with E-state index in [1.807, 2.05) is 18.2 Å². The molecule has 3 aromatic rings. The fourth-order valence-electron chi connectivity index (χ4n) is 2.44. The van der Waals surface area contributed by atoms with Gasteiger partial charge in [0.25, 0.3) is 5.91 Å². The summed E-state index contributed by atoms with van der Waals surface area (Å²) >= 11 is 7.37. The Bertz CT molecular complexity index is 942. The molecule has 1 heterocycles. The van der Waals surface area contributed by atoms with E-state index in [1.54, 1.807) is 31.4 Å². The Labute approximate surface area is 149 Å². The van der Waals surface area contributed by atoms with Crippen LogP contribution in [-0.2, 0) is 6.54 Å². The van der Waals surface area contributed by atoms with Crippen molar-refractivity contribution in [2.24, 2.45) is 4.99 Å². The molecule has 0 fully saturated rings. The van der Waals surface area contributed by atoms with Crippen LogP contribution < -0.4 is 9.54 Å². The normalized spacial score (nSPS) is 11.9. The van der Waals surface area contributed by atoms with Gasteiger partial charge in [0.2, 0.25) is 0 Å². The van der Waals surface area contributed by atoms with Crippen molar-refractivity contribution in [3.8, 4) is 5.75 Å². The first-order chi connectivity index (χ1) is 11.6. The summed E-state index contributed by atoms with van der Waals surface area (Å²) in [6, 6.07) is 12.7. The lowest BCUT2D eigenvalue weighted by atomic mass is 10.2. The predicted octanol–water partition coefficient (Wildman–Crippen LogP) is 4.52. The predicted molar refractivity (Wildman–Crippen MR) is 98.0 cm³/mol. The molecule has 0 aliphatic rings. The SMILES string of the molecule is CCCn1c(=NC(=O)c2ccc(Cl)cc2)sc2ccc(OC)cc21. The number of amides is 1. The second kappa shape index (κ2) is 7.20. The molecule has 1 amide bonds. The monoisotopic (exact) mass is 360 g/mol. The van der Waals surface area contributed by atoms with Crippen molar-refractivity contribution in [2.45, 2.75) is 19.9 Å². The van der Waals surface area contributed by atoms with E-state index in [9.17, 15) is 4.79 Å². The average Bonchev–Trinajstić information content (AvgIpc) is 2.92. The molecule has 3 rings (SSSR count). The number of carbonyl (C=O) groups is 1. The van der Waals surface area contributed by atoms with Crippen LogP contribution in [0, 0.1) is 0 Å². The maximum Gasteiger partial charge on any atom is 0.279 e. The maximum atomic E-state index is 12.4. The summed E-state index contributed by atoms with van der Waals surface area (Å²) in [5.41, 5.74) is 1.56. The third kappa shape index (κ3) is 3.37. The number of nitrogens with zero attached hydrogens (tertiary/aromatic N) is 2. The number of hydrogen-bond donors (Lipinski definition) is 0. The molecule has 1 aromatic heterocycles. The zero-order valence-electron chi connectivity index (χ0n) is 13.5. The highest BCUT2D eigenvalue weighted by Gasteiger charge is 2.10. The van der Waals surface area contributed by atoms with Crippen molar-refractivity contribution in [1.82, 2.24) is 4.57 Å². The number of halogens is 1. The molecule has 0 saturated carbocycles. The fourth-order valence-corrected chi connectivity index (χ4v) is 3.61. The third-order valence-electron chi connectivity index (χ3n) is 3.62. The van der Waals surface area contributed by atoms with Crippen LogP contribution in [0.2, 0.25) is 5.02 Å². The van der Waals surface area contributed by atoms with Crippen LogP contribution in [0.15, 0.2) is 47.5 Å². The van der Waals surface area contributed by atoms with E-state index in [0.717, 1.165) is 28.9 Å². The van der Waals surface area contributed by atoms with Gasteiger partial charge < -0.3 is 9.30 Å². The number of rotatable bonds is 4. The topological polar surface area (TPSA) is 43.6 Å². The van der Waals surface area contributed by atoms with Gasteiger partial charge in [-0.1, -0.05) is 29.9 Å². The highest BCUT2D eigenvalue weighted by atomic mass is 35.5. The largest absolute Gasteiger partial charge is 0.497 e. The first-order valence-electron chi connectivity index (χ1n) is 7.64. The zero-order chi connectivity index (χ0) is 17.1. The first-order valence-corrected chi connectivity index (χ1v) is 8.84. The van der Waals surface area contributed by atoms with Gasteiger partial charge in [0.15, 0.2) is 4.80 Å². The Morgan fingerprint density at radius 3 is 2.67 bits per heavy atom. The van der Waals surface area contributed by atoms with Gasteiger partial charge in [0.1, 0.15) is 5.75 Å². The second-order valence-electron chi connectivity index (χ2n) is 5.29. The van der Waals surface area contributed by atoms with Crippen molar-refractivity contribution < 1.29 is 9.53 Å². The summed E-state index contributed by atoms with van der Waals surface area (Å²) in [7, 11) is 1.65. The molecule has 0 atom stereocenters. The minimum absolute atomic E-state index is 0.268. The van der Waals surface area contributed by atoms with E-state index in [1.165, 1.54) is 11.3 Å². The molecule has 124 valence electrons. The van der Waals surface area contributed by atoms with E-state index in [2.05, 4.69) is 16.5 Å². The van der Waals surface area contributed by atoms with E-state index in [0.29, 0.717) is 15.4 Å². The number of fused-ring (bicyclic) bond motifs is 1. The van der Waals surface area contributed by atoms with Crippen LogP contribution >= 0.6 is 22.9 Å². The minimum atomic E-state index is -0.268. The summed E-state index contributed by atoms with van der Waals surface area (Å²) in [5.74, 6) is 0.524. The van der Waals surface area contributed by atoms with Gasteiger partial charge in [-0.2, -0.15) is 4.99 Å². The Morgan fingerprint density at radius 2 is 2.00 bits per heavy atom. The Hall–Kier alpha value is -2.11. The van der Waals surface area contributed by atoms with Gasteiger partial charge in [-0.15, -0.1) is 0 Å². The highest BCUT2D eigenvalue weighted by molar-refractivity contribution is 7.16.